The summed E-state index contributed by atoms with van der Waals surface area (Å²) in [5.74, 6) is 0.893. The normalized spacial score (nSPS) is 12.3. The van der Waals surface area contributed by atoms with Crippen molar-refractivity contribution in [1.82, 2.24) is 5.32 Å². The molecule has 1 radical (unpaired) electrons. The summed E-state index contributed by atoms with van der Waals surface area (Å²) in [4.78, 5) is 4.11. The van der Waals surface area contributed by atoms with E-state index in [-0.39, 0.29) is 0 Å². The highest BCUT2D eigenvalue weighted by Gasteiger charge is 2.08. The third-order valence-electron chi connectivity index (χ3n) is 2.61. The molecule has 0 saturated heterocycles. The third-order valence-corrected chi connectivity index (χ3v) is 2.61. The molecule has 0 aliphatic carbocycles. The predicted molar refractivity (Wildman–Crippen MR) is 66.0 cm³/mol. The quantitative estimate of drug-likeness (QED) is 0.671. The van der Waals surface area contributed by atoms with Gasteiger partial charge in [-0.15, -0.1) is 0 Å². The fraction of sp³-hybridized carbons (Fsp3) is 0.462. The highest BCUT2D eigenvalue weighted by atomic mass is 16.5. The Balaban J connectivity index is 1.78. The number of aliphatic imine (C=N–C) groups is 1. The second-order valence-corrected chi connectivity index (χ2v) is 3.93. The van der Waals surface area contributed by atoms with Crippen LogP contribution in [0.1, 0.15) is 32.6 Å². The van der Waals surface area contributed by atoms with E-state index < -0.39 is 0 Å². The molecule has 0 amide bonds. The topological polar surface area (TPSA) is 35.7 Å². The van der Waals surface area contributed by atoms with Gasteiger partial charge >= 0.3 is 0 Å². The summed E-state index contributed by atoms with van der Waals surface area (Å²) in [6.07, 6.45) is 6.50. The Labute approximate surface area is 96.5 Å². The first-order valence-corrected chi connectivity index (χ1v) is 5.90. The largest absolute Gasteiger partial charge is 0.494 e. The number of rotatable bonds is 6. The van der Waals surface area contributed by atoms with Crippen molar-refractivity contribution >= 4 is 17.7 Å². The minimum absolute atomic E-state index is 0.791. The van der Waals surface area contributed by atoms with E-state index in [0.29, 0.717) is 0 Å². The zero-order chi connectivity index (χ0) is 11.2. The zero-order valence-corrected chi connectivity index (χ0v) is 9.65. The van der Waals surface area contributed by atoms with Crippen molar-refractivity contribution in [3.8, 4) is 5.75 Å². The Morgan fingerprint density at radius 3 is 2.94 bits per heavy atom. The van der Waals surface area contributed by atoms with Crippen LogP contribution in [0, 0.1) is 0 Å². The second-order valence-electron chi connectivity index (χ2n) is 3.93. The Morgan fingerprint density at radius 2 is 2.06 bits per heavy atom. The first-order valence-electron chi connectivity index (χ1n) is 5.90. The van der Waals surface area contributed by atoms with Crippen LogP contribution in [0.4, 0.5) is 11.4 Å². The highest BCUT2D eigenvalue weighted by Crippen LogP contribution is 2.31. The van der Waals surface area contributed by atoms with E-state index in [4.69, 9.17) is 4.74 Å². The predicted octanol–water partition coefficient (Wildman–Crippen LogP) is 3.56. The molecular weight excluding hydrogens is 200 g/mol. The molecule has 3 heteroatoms. The number of hydrogen-bond donors (Lipinski definition) is 0. The van der Waals surface area contributed by atoms with Crippen LogP contribution >= 0.6 is 0 Å². The van der Waals surface area contributed by atoms with Crippen molar-refractivity contribution < 1.29 is 4.74 Å². The number of fused-ring (bicyclic) bond motifs is 1. The van der Waals surface area contributed by atoms with Gasteiger partial charge in [0.2, 0.25) is 0 Å². The van der Waals surface area contributed by atoms with E-state index in [1.165, 1.54) is 19.3 Å². The van der Waals surface area contributed by atoms with Gasteiger partial charge in [-0.2, -0.15) is 0 Å². The fourth-order valence-electron chi connectivity index (χ4n) is 1.68. The van der Waals surface area contributed by atoms with Crippen LogP contribution in [0.25, 0.3) is 0 Å². The lowest BCUT2D eigenvalue weighted by molar-refractivity contribution is 0.305. The van der Waals surface area contributed by atoms with Crippen LogP contribution < -0.4 is 10.1 Å². The van der Waals surface area contributed by atoms with Gasteiger partial charge < -0.3 is 4.74 Å². The summed E-state index contributed by atoms with van der Waals surface area (Å²) in [5.41, 5.74) is 1.84. The molecule has 2 rings (SSSR count). The molecule has 1 aliphatic heterocycles. The van der Waals surface area contributed by atoms with E-state index >= 15 is 0 Å². The van der Waals surface area contributed by atoms with Crippen LogP contribution in [-0.2, 0) is 0 Å². The monoisotopic (exact) mass is 217 g/mol. The molecule has 0 unspecified atom stereocenters. The molecule has 0 fully saturated rings. The van der Waals surface area contributed by atoms with Crippen LogP contribution in [0.3, 0.4) is 0 Å². The molecule has 85 valence electrons. The van der Waals surface area contributed by atoms with E-state index in [1.54, 1.807) is 6.34 Å². The Hall–Kier alpha value is -1.51. The zero-order valence-electron chi connectivity index (χ0n) is 9.65. The molecule has 1 aromatic carbocycles. The molecule has 1 heterocycles. The number of ether oxygens (including phenoxy) is 1. The van der Waals surface area contributed by atoms with Crippen molar-refractivity contribution in [2.75, 3.05) is 6.61 Å². The van der Waals surface area contributed by atoms with Gasteiger partial charge in [0.05, 0.1) is 18.0 Å². The van der Waals surface area contributed by atoms with Gasteiger partial charge in [0.1, 0.15) is 12.1 Å². The van der Waals surface area contributed by atoms with Crippen LogP contribution in [0.5, 0.6) is 5.75 Å². The number of unbranched alkanes of at least 4 members (excludes halogenated alkanes) is 3. The van der Waals surface area contributed by atoms with Gasteiger partial charge in [0.15, 0.2) is 0 Å². The molecule has 0 saturated carbocycles. The lowest BCUT2D eigenvalue weighted by atomic mass is 10.2. The van der Waals surface area contributed by atoms with Crippen molar-refractivity contribution in [2.45, 2.75) is 32.6 Å². The lowest BCUT2D eigenvalue weighted by Crippen LogP contribution is -1.97. The molecule has 3 nitrogen and oxygen atoms in total. The molecule has 0 aromatic heterocycles. The molecule has 1 aliphatic rings. The van der Waals surface area contributed by atoms with Crippen LogP contribution in [0.2, 0.25) is 0 Å². The summed E-state index contributed by atoms with van der Waals surface area (Å²) in [7, 11) is 0. The van der Waals surface area contributed by atoms with E-state index in [0.717, 1.165) is 30.2 Å². The second kappa shape index (κ2) is 5.54. The molecule has 0 bridgehead atoms. The Morgan fingerprint density at radius 1 is 1.12 bits per heavy atom. The van der Waals surface area contributed by atoms with Gasteiger partial charge in [-0.25, -0.2) is 10.3 Å². The first-order chi connectivity index (χ1) is 7.90. The standard InChI is InChI=1S/C13H17N2O/c1-2-3-4-5-8-16-11-6-7-12-13(9-11)15-10-14-12/h6-7,9-10H,2-5,8H2,1H3. The molecule has 0 N–H and O–H groups in total. The number of hydrogen-bond acceptors (Lipinski definition) is 2. The van der Waals surface area contributed by atoms with E-state index in [1.807, 2.05) is 18.2 Å². The van der Waals surface area contributed by atoms with Crippen molar-refractivity contribution in [3.05, 3.63) is 18.2 Å². The van der Waals surface area contributed by atoms with Crippen molar-refractivity contribution in [1.29, 1.82) is 0 Å². The highest BCUT2D eigenvalue weighted by molar-refractivity contribution is 5.82. The van der Waals surface area contributed by atoms with E-state index in [2.05, 4.69) is 17.2 Å². The Bertz CT molecular complexity index is 374. The third kappa shape index (κ3) is 2.75. The van der Waals surface area contributed by atoms with Gasteiger partial charge in [-0.3, -0.25) is 0 Å². The fourth-order valence-corrected chi connectivity index (χ4v) is 1.68. The van der Waals surface area contributed by atoms with Crippen LogP contribution in [0.15, 0.2) is 23.2 Å². The average molecular weight is 217 g/mol. The summed E-state index contributed by atoms with van der Waals surface area (Å²) in [6, 6.07) is 5.85. The maximum absolute atomic E-state index is 5.66. The summed E-state index contributed by atoms with van der Waals surface area (Å²) in [5, 5.41) is 4.15. The van der Waals surface area contributed by atoms with Crippen molar-refractivity contribution in [3.63, 3.8) is 0 Å². The van der Waals surface area contributed by atoms with Gasteiger partial charge in [0, 0.05) is 6.07 Å². The maximum atomic E-state index is 5.66. The number of benzene rings is 1. The van der Waals surface area contributed by atoms with Crippen LogP contribution in [-0.4, -0.2) is 12.9 Å². The first kappa shape index (κ1) is 11.0. The van der Waals surface area contributed by atoms with Gasteiger partial charge in [-0.05, 0) is 18.6 Å². The average Bonchev–Trinajstić information content (AvgIpc) is 2.76. The minimum Gasteiger partial charge on any atom is -0.494 e. The summed E-state index contributed by atoms with van der Waals surface area (Å²) in [6.45, 7) is 3.00. The molecule has 0 spiro atoms. The maximum Gasteiger partial charge on any atom is 0.121 e. The molecule has 16 heavy (non-hydrogen) atoms. The SMILES string of the molecule is CCCCCCOc1ccc2c(c1)[N]C=N2. The summed E-state index contributed by atoms with van der Waals surface area (Å²) >= 11 is 0. The lowest BCUT2D eigenvalue weighted by Gasteiger charge is -2.06. The van der Waals surface area contributed by atoms with Gasteiger partial charge in [0.25, 0.3) is 0 Å². The van der Waals surface area contributed by atoms with Gasteiger partial charge in [-0.1, -0.05) is 26.2 Å². The molecule has 0 atom stereocenters. The smallest absolute Gasteiger partial charge is 0.121 e. The Kier molecular flexibility index (Phi) is 3.81. The number of nitrogens with zero attached hydrogens (tertiary/aromatic N) is 2. The van der Waals surface area contributed by atoms with Crippen molar-refractivity contribution in [2.24, 2.45) is 4.99 Å². The summed E-state index contributed by atoms with van der Waals surface area (Å²) < 4.78 is 5.66. The molecular formula is C13H17N2O. The molecule has 1 aromatic rings. The minimum atomic E-state index is 0.791. The van der Waals surface area contributed by atoms with E-state index in [9.17, 15) is 0 Å².